The van der Waals surface area contributed by atoms with Gasteiger partial charge in [-0.3, -0.25) is 0 Å². The number of carbonyl (C=O) groups is 1. The van der Waals surface area contributed by atoms with Gasteiger partial charge in [0.25, 0.3) is 0 Å². The van der Waals surface area contributed by atoms with Crippen molar-refractivity contribution in [3.63, 3.8) is 0 Å². The summed E-state index contributed by atoms with van der Waals surface area (Å²) in [4.78, 5) is 16.4. The number of amides is 1. The van der Waals surface area contributed by atoms with Crippen LogP contribution in [0.3, 0.4) is 0 Å². The van der Waals surface area contributed by atoms with Crippen molar-refractivity contribution < 1.29 is 27.4 Å². The number of hydrogen-bond acceptors (Lipinski definition) is 5. The summed E-state index contributed by atoms with van der Waals surface area (Å²) >= 11 is 0. The summed E-state index contributed by atoms with van der Waals surface area (Å²) < 4.78 is 47.6. The zero-order valence-electron chi connectivity index (χ0n) is 18.1. The number of hydrogen-bond donors (Lipinski definition) is 1. The van der Waals surface area contributed by atoms with Gasteiger partial charge in [0.2, 0.25) is 0 Å². The van der Waals surface area contributed by atoms with E-state index in [4.69, 9.17) is 4.74 Å². The number of nitrogens with one attached hydrogen (secondary N) is 1. The van der Waals surface area contributed by atoms with Crippen molar-refractivity contribution in [2.45, 2.75) is 24.7 Å². The van der Waals surface area contributed by atoms with Crippen LogP contribution in [0.2, 0.25) is 0 Å². The topological polar surface area (TPSA) is 78.3 Å². The highest BCUT2D eigenvalue weighted by molar-refractivity contribution is 5.71. The Morgan fingerprint density at radius 2 is 1.66 bits per heavy atom. The second-order valence-electron chi connectivity index (χ2n) is 7.97. The number of nitrogens with zero attached hydrogens (tertiary/aromatic N) is 3. The maximum absolute atomic E-state index is 12.3. The van der Waals surface area contributed by atoms with Gasteiger partial charge in [-0.05, 0) is 48.4 Å². The number of benzene rings is 3. The second-order valence-corrected chi connectivity index (χ2v) is 7.97. The molecule has 1 saturated carbocycles. The average molecular weight is 480 g/mol. The molecule has 2 atom stereocenters. The average Bonchev–Trinajstić information content (AvgIpc) is 3.41. The predicted molar refractivity (Wildman–Crippen MR) is 120 cm³/mol. The first-order valence-electron chi connectivity index (χ1n) is 10.8. The number of aromatic nitrogens is 3. The molecule has 0 saturated heterocycles. The number of halogens is 3. The summed E-state index contributed by atoms with van der Waals surface area (Å²) in [5, 5.41) is 7.28. The Balaban J connectivity index is 1.18. The highest BCUT2D eigenvalue weighted by Gasteiger charge is 2.40. The second kappa shape index (κ2) is 9.13. The maximum Gasteiger partial charge on any atom is 0.573 e. The summed E-state index contributed by atoms with van der Waals surface area (Å²) in [5.41, 5.74) is 2.42. The van der Waals surface area contributed by atoms with E-state index in [0.29, 0.717) is 17.3 Å². The quantitative estimate of drug-likeness (QED) is 0.396. The fraction of sp³-hybridized carbons (Fsp3) is 0.160. The minimum Gasteiger partial charge on any atom is -0.410 e. The fourth-order valence-electron chi connectivity index (χ4n) is 3.70. The van der Waals surface area contributed by atoms with Crippen molar-refractivity contribution >= 4 is 6.09 Å². The SMILES string of the molecule is O=C(NC1CC1c1ccc(-c2ncn(-c3ccc(OC(F)(F)F)cc3)n2)cc1)Oc1ccccc1. The highest BCUT2D eigenvalue weighted by atomic mass is 19.4. The molecule has 178 valence electrons. The van der Waals surface area contributed by atoms with E-state index < -0.39 is 12.5 Å². The third-order valence-electron chi connectivity index (χ3n) is 5.47. The van der Waals surface area contributed by atoms with Gasteiger partial charge in [-0.1, -0.05) is 42.5 Å². The summed E-state index contributed by atoms with van der Waals surface area (Å²) in [6, 6.07) is 22.0. The number of alkyl halides is 3. The molecule has 4 aromatic rings. The lowest BCUT2D eigenvalue weighted by Crippen LogP contribution is -2.29. The molecule has 1 aliphatic rings. The molecular formula is C25H19F3N4O3. The van der Waals surface area contributed by atoms with Crippen LogP contribution in [0.25, 0.3) is 17.1 Å². The molecule has 0 aliphatic heterocycles. The summed E-state index contributed by atoms with van der Waals surface area (Å²) in [6.07, 6.45) is -2.91. The van der Waals surface area contributed by atoms with E-state index in [1.165, 1.54) is 35.3 Å². The van der Waals surface area contributed by atoms with Crippen molar-refractivity contribution in [2.75, 3.05) is 0 Å². The molecule has 35 heavy (non-hydrogen) atoms. The van der Waals surface area contributed by atoms with Crippen molar-refractivity contribution in [1.82, 2.24) is 20.1 Å². The highest BCUT2D eigenvalue weighted by Crippen LogP contribution is 2.41. The smallest absolute Gasteiger partial charge is 0.410 e. The van der Waals surface area contributed by atoms with Gasteiger partial charge in [-0.25, -0.2) is 14.5 Å². The van der Waals surface area contributed by atoms with Gasteiger partial charge in [0, 0.05) is 17.5 Å². The molecule has 1 fully saturated rings. The Hall–Kier alpha value is -4.34. The van der Waals surface area contributed by atoms with Gasteiger partial charge in [0.1, 0.15) is 17.8 Å². The van der Waals surface area contributed by atoms with Crippen molar-refractivity contribution in [2.24, 2.45) is 0 Å². The first kappa shape index (κ1) is 22.5. The van der Waals surface area contributed by atoms with Crippen LogP contribution in [0.1, 0.15) is 17.9 Å². The van der Waals surface area contributed by atoms with E-state index in [1.807, 2.05) is 30.3 Å². The summed E-state index contributed by atoms with van der Waals surface area (Å²) in [5.74, 6) is 0.863. The summed E-state index contributed by atoms with van der Waals surface area (Å²) in [7, 11) is 0. The lowest BCUT2D eigenvalue weighted by molar-refractivity contribution is -0.274. The number of para-hydroxylation sites is 1. The normalized spacial score (nSPS) is 17.0. The molecule has 1 aromatic heterocycles. The standard InChI is InChI=1S/C25H19F3N4O3/c26-25(27,28)35-20-12-10-18(11-13-20)32-15-29-23(31-32)17-8-6-16(7-9-17)21-14-22(21)30-24(33)34-19-4-2-1-3-5-19/h1-13,15,21-22H,14H2,(H,30,33). The molecule has 3 aromatic carbocycles. The predicted octanol–water partition coefficient (Wildman–Crippen LogP) is 5.48. The minimum atomic E-state index is -4.74. The Labute approximate surface area is 198 Å². The van der Waals surface area contributed by atoms with Gasteiger partial charge in [-0.15, -0.1) is 18.3 Å². The van der Waals surface area contributed by atoms with Crippen LogP contribution in [0, 0.1) is 0 Å². The Kier molecular flexibility index (Phi) is 5.86. The first-order valence-corrected chi connectivity index (χ1v) is 10.8. The third kappa shape index (κ3) is 5.60. The molecule has 1 N–H and O–H groups in total. The van der Waals surface area contributed by atoms with E-state index >= 15 is 0 Å². The Morgan fingerprint density at radius 3 is 2.34 bits per heavy atom. The molecule has 7 nitrogen and oxygen atoms in total. The molecule has 10 heteroatoms. The molecule has 2 unspecified atom stereocenters. The van der Waals surface area contributed by atoms with Crippen LogP contribution in [0.4, 0.5) is 18.0 Å². The van der Waals surface area contributed by atoms with Crippen molar-refractivity contribution in [1.29, 1.82) is 0 Å². The first-order chi connectivity index (χ1) is 16.8. The molecule has 0 spiro atoms. The van der Waals surface area contributed by atoms with Crippen molar-refractivity contribution in [3.05, 3.63) is 90.8 Å². The summed E-state index contributed by atoms with van der Waals surface area (Å²) in [6.45, 7) is 0. The van der Waals surface area contributed by atoms with Gasteiger partial charge in [-0.2, -0.15) is 0 Å². The van der Waals surface area contributed by atoms with Crippen molar-refractivity contribution in [3.8, 4) is 28.6 Å². The lowest BCUT2D eigenvalue weighted by Gasteiger charge is -2.09. The lowest BCUT2D eigenvalue weighted by atomic mass is 10.1. The molecule has 1 aliphatic carbocycles. The van der Waals surface area contributed by atoms with Crippen LogP contribution in [-0.2, 0) is 0 Å². The number of carbonyl (C=O) groups excluding carboxylic acids is 1. The van der Waals surface area contributed by atoms with E-state index in [2.05, 4.69) is 20.1 Å². The van der Waals surface area contributed by atoms with E-state index in [9.17, 15) is 18.0 Å². The van der Waals surface area contributed by atoms with Crippen LogP contribution >= 0.6 is 0 Å². The van der Waals surface area contributed by atoms with Gasteiger partial charge in [0.15, 0.2) is 5.82 Å². The Bertz CT molecular complexity index is 1310. The molecule has 1 amide bonds. The van der Waals surface area contributed by atoms with Crippen LogP contribution < -0.4 is 14.8 Å². The molecule has 1 heterocycles. The third-order valence-corrected chi connectivity index (χ3v) is 5.47. The van der Waals surface area contributed by atoms with E-state index in [0.717, 1.165) is 17.5 Å². The van der Waals surface area contributed by atoms with Crippen LogP contribution in [0.5, 0.6) is 11.5 Å². The van der Waals surface area contributed by atoms with Crippen LogP contribution in [0.15, 0.2) is 85.2 Å². The van der Waals surface area contributed by atoms with Gasteiger partial charge >= 0.3 is 12.5 Å². The number of ether oxygens (including phenoxy) is 2. The zero-order valence-corrected chi connectivity index (χ0v) is 18.1. The molecule has 0 radical (unpaired) electrons. The Morgan fingerprint density at radius 1 is 0.943 bits per heavy atom. The van der Waals surface area contributed by atoms with E-state index in [1.54, 1.807) is 24.3 Å². The zero-order chi connectivity index (χ0) is 24.4. The molecular weight excluding hydrogens is 461 g/mol. The van der Waals surface area contributed by atoms with Gasteiger partial charge in [0.05, 0.1) is 5.69 Å². The molecule has 0 bridgehead atoms. The minimum absolute atomic E-state index is 0.0127. The monoisotopic (exact) mass is 480 g/mol. The molecule has 5 rings (SSSR count). The fourth-order valence-corrected chi connectivity index (χ4v) is 3.70. The van der Waals surface area contributed by atoms with Crippen LogP contribution in [-0.4, -0.2) is 33.3 Å². The largest absolute Gasteiger partial charge is 0.573 e. The van der Waals surface area contributed by atoms with Gasteiger partial charge < -0.3 is 14.8 Å². The maximum atomic E-state index is 12.3. The number of rotatable bonds is 6. The van der Waals surface area contributed by atoms with E-state index in [-0.39, 0.29) is 17.7 Å².